The molecule has 2 aliphatic rings. The predicted octanol–water partition coefficient (Wildman–Crippen LogP) is 10.0. The van der Waals surface area contributed by atoms with Crippen LogP contribution in [0.4, 0.5) is 39.5 Å². The van der Waals surface area contributed by atoms with Gasteiger partial charge < -0.3 is 9.47 Å². The van der Waals surface area contributed by atoms with Gasteiger partial charge in [-0.2, -0.15) is 0 Å². The highest BCUT2D eigenvalue weighted by Crippen LogP contribution is 2.50. The van der Waals surface area contributed by atoms with Crippen molar-refractivity contribution in [2.45, 2.75) is 70.6 Å². The molecule has 0 radical (unpaired) electrons. The normalized spacial score (nSPS) is 25.8. The Labute approximate surface area is 225 Å². The average Bonchev–Trinajstić information content (AvgIpc) is 2.89. The van der Waals surface area contributed by atoms with Gasteiger partial charge in [0.1, 0.15) is 11.6 Å². The smallest absolute Gasteiger partial charge is 0.453 e. The van der Waals surface area contributed by atoms with Crippen molar-refractivity contribution in [3.63, 3.8) is 0 Å². The lowest BCUT2D eigenvalue weighted by Gasteiger charge is -2.36. The van der Waals surface area contributed by atoms with Gasteiger partial charge in [0.05, 0.1) is 0 Å². The zero-order chi connectivity index (χ0) is 29.4. The van der Waals surface area contributed by atoms with Crippen molar-refractivity contribution in [3.05, 3.63) is 71.0 Å². The van der Waals surface area contributed by atoms with Gasteiger partial charge in [-0.1, -0.05) is 38.0 Å². The van der Waals surface area contributed by atoms with Crippen molar-refractivity contribution in [1.82, 2.24) is 0 Å². The van der Waals surface area contributed by atoms with Crippen LogP contribution in [0.5, 0.6) is 11.5 Å². The third-order valence-corrected chi connectivity index (χ3v) is 7.41. The molecule has 2 aromatic carbocycles. The van der Waals surface area contributed by atoms with Crippen molar-refractivity contribution >= 4 is 0 Å². The average molecular weight is 579 g/mol. The summed E-state index contributed by atoms with van der Waals surface area (Å²) in [4.78, 5) is 0. The number of hydrogen-bond acceptors (Lipinski definition) is 2. The Morgan fingerprint density at radius 3 is 2.12 bits per heavy atom. The van der Waals surface area contributed by atoms with E-state index in [2.05, 4.69) is 4.74 Å². The molecule has 2 atom stereocenters. The second kappa shape index (κ2) is 11.4. The number of rotatable bonds is 7. The fourth-order valence-electron chi connectivity index (χ4n) is 5.40. The van der Waals surface area contributed by atoms with E-state index in [1.54, 1.807) is 0 Å². The Morgan fingerprint density at radius 1 is 0.950 bits per heavy atom. The minimum atomic E-state index is -5.36. The van der Waals surface area contributed by atoms with Crippen LogP contribution in [0.3, 0.4) is 0 Å². The zero-order valence-electron chi connectivity index (χ0n) is 21.7. The number of halogens is 9. The molecule has 0 aliphatic heterocycles. The Bertz CT molecular complexity index is 1280. The fourth-order valence-corrected chi connectivity index (χ4v) is 5.40. The number of hydrogen-bond donors (Lipinski definition) is 0. The Morgan fingerprint density at radius 2 is 1.55 bits per heavy atom. The molecule has 2 aliphatic carbocycles. The molecule has 0 unspecified atom stereocenters. The van der Waals surface area contributed by atoms with Crippen LogP contribution in [0.2, 0.25) is 0 Å². The quantitative estimate of drug-likeness (QED) is 0.305. The summed E-state index contributed by atoms with van der Waals surface area (Å²) in [6, 6.07) is 6.35. The summed E-state index contributed by atoms with van der Waals surface area (Å²) >= 11 is 0. The van der Waals surface area contributed by atoms with E-state index in [0.717, 1.165) is 12.8 Å². The van der Waals surface area contributed by atoms with Crippen molar-refractivity contribution in [2.24, 2.45) is 11.8 Å². The highest BCUT2D eigenvalue weighted by molar-refractivity contribution is 5.72. The highest BCUT2D eigenvalue weighted by atomic mass is 19.4. The van der Waals surface area contributed by atoms with E-state index in [9.17, 15) is 26.3 Å². The Balaban J connectivity index is 1.74. The maximum atomic E-state index is 15.5. The van der Waals surface area contributed by atoms with Gasteiger partial charge in [-0.15, -0.1) is 13.2 Å². The van der Waals surface area contributed by atoms with Crippen LogP contribution in [0.1, 0.15) is 52.4 Å². The molecule has 4 rings (SSSR count). The van der Waals surface area contributed by atoms with E-state index in [1.807, 2.05) is 6.92 Å². The van der Waals surface area contributed by atoms with Crippen LogP contribution in [-0.4, -0.2) is 18.2 Å². The summed E-state index contributed by atoms with van der Waals surface area (Å²) in [6.07, 6.45) is -4.23. The van der Waals surface area contributed by atoms with E-state index in [1.165, 1.54) is 24.3 Å². The van der Waals surface area contributed by atoms with Gasteiger partial charge in [0.2, 0.25) is 5.75 Å². The molecule has 1 fully saturated rings. The monoisotopic (exact) mass is 578 g/mol. The number of benzene rings is 2. The summed E-state index contributed by atoms with van der Waals surface area (Å²) in [7, 11) is 0. The molecular weight excluding hydrogens is 551 g/mol. The number of allylic oxidation sites excluding steroid dienone is 3. The SMILES string of the molecule is CCCC1CCC(C2=C(F)[C@H](F)[C@](C)(F)C(F)=C2Oc2ccccc2-c2cc(F)c(OC(F)(F)F)c(F)c2)CC1. The van der Waals surface area contributed by atoms with Crippen molar-refractivity contribution < 1.29 is 49.0 Å². The summed E-state index contributed by atoms with van der Waals surface area (Å²) in [5.74, 6) is -9.66. The molecule has 0 N–H and O–H groups in total. The second-order valence-corrected chi connectivity index (χ2v) is 10.3. The zero-order valence-corrected chi connectivity index (χ0v) is 21.7. The minimum Gasteiger partial charge on any atom is -0.453 e. The molecule has 218 valence electrons. The fraction of sp³-hybridized carbons (Fsp3) is 0.448. The van der Waals surface area contributed by atoms with Crippen LogP contribution in [0.15, 0.2) is 59.4 Å². The predicted molar refractivity (Wildman–Crippen MR) is 130 cm³/mol. The molecule has 0 bridgehead atoms. The van der Waals surface area contributed by atoms with Crippen molar-refractivity contribution in [3.8, 4) is 22.6 Å². The van der Waals surface area contributed by atoms with E-state index in [-0.39, 0.29) is 16.9 Å². The lowest BCUT2D eigenvalue weighted by molar-refractivity contribution is -0.276. The maximum Gasteiger partial charge on any atom is 0.573 e. The topological polar surface area (TPSA) is 18.5 Å². The molecule has 0 heterocycles. The van der Waals surface area contributed by atoms with Gasteiger partial charge in [-0.05, 0) is 68.2 Å². The lowest BCUT2D eigenvalue weighted by Crippen LogP contribution is -2.39. The van der Waals surface area contributed by atoms with Crippen LogP contribution in [0, 0.1) is 23.5 Å². The first kappa shape index (κ1) is 29.9. The third-order valence-electron chi connectivity index (χ3n) is 7.41. The number of ether oxygens (including phenoxy) is 2. The van der Waals surface area contributed by atoms with Gasteiger partial charge in [0.25, 0.3) is 0 Å². The van der Waals surface area contributed by atoms with Crippen LogP contribution >= 0.6 is 0 Å². The summed E-state index contributed by atoms with van der Waals surface area (Å²) in [5.41, 5.74) is -4.27. The molecular formula is C29H27F9O2. The molecule has 0 saturated heterocycles. The lowest BCUT2D eigenvalue weighted by atomic mass is 9.74. The molecule has 1 saturated carbocycles. The van der Waals surface area contributed by atoms with E-state index < -0.39 is 64.5 Å². The molecule has 0 aromatic heterocycles. The van der Waals surface area contributed by atoms with Crippen LogP contribution in [-0.2, 0) is 0 Å². The highest BCUT2D eigenvalue weighted by Gasteiger charge is 2.52. The minimum absolute atomic E-state index is 0.131. The van der Waals surface area contributed by atoms with Gasteiger partial charge in [-0.3, -0.25) is 0 Å². The van der Waals surface area contributed by atoms with E-state index in [4.69, 9.17) is 4.74 Å². The first-order chi connectivity index (χ1) is 18.7. The number of alkyl halides is 5. The largest absolute Gasteiger partial charge is 0.573 e. The standard InChI is InChI=1S/C29H27F9O2/c1-3-6-15-9-11-16(12-10-15)22-23(32)26(33)28(2,35)27(34)25(22)39-21-8-5-4-7-18(21)17-13-19(30)24(20(31)14-17)40-29(36,37)38/h4-5,7-8,13-16,26H,3,6,9-12H2,1-2H3/t15?,16?,26-,28-/m0/s1. The molecule has 0 spiro atoms. The molecule has 40 heavy (non-hydrogen) atoms. The van der Waals surface area contributed by atoms with Gasteiger partial charge in [0.15, 0.2) is 35.1 Å². The Kier molecular flexibility index (Phi) is 8.52. The summed E-state index contributed by atoms with van der Waals surface area (Å²) < 4.78 is 136. The van der Waals surface area contributed by atoms with Crippen molar-refractivity contribution in [1.29, 1.82) is 0 Å². The molecule has 2 aromatic rings. The Hall–Kier alpha value is -3.11. The van der Waals surface area contributed by atoms with E-state index >= 15 is 13.2 Å². The second-order valence-electron chi connectivity index (χ2n) is 10.3. The molecule has 0 amide bonds. The van der Waals surface area contributed by atoms with Crippen LogP contribution in [0.25, 0.3) is 11.1 Å². The molecule has 2 nitrogen and oxygen atoms in total. The molecule has 11 heteroatoms. The van der Waals surface area contributed by atoms with E-state index in [0.29, 0.717) is 50.7 Å². The van der Waals surface area contributed by atoms with Crippen LogP contribution < -0.4 is 9.47 Å². The summed E-state index contributed by atoms with van der Waals surface area (Å²) in [6.45, 7) is 2.57. The van der Waals surface area contributed by atoms with Gasteiger partial charge >= 0.3 is 6.36 Å². The third kappa shape index (κ3) is 5.98. The first-order valence-corrected chi connectivity index (χ1v) is 12.9. The summed E-state index contributed by atoms with van der Waals surface area (Å²) in [5, 5.41) is 0. The maximum absolute atomic E-state index is 15.5. The first-order valence-electron chi connectivity index (χ1n) is 12.9. The van der Waals surface area contributed by atoms with Gasteiger partial charge in [-0.25, -0.2) is 26.3 Å². The van der Waals surface area contributed by atoms with Gasteiger partial charge in [0, 0.05) is 11.1 Å². The number of para-hydroxylation sites is 1. The van der Waals surface area contributed by atoms with Crippen molar-refractivity contribution in [2.75, 3.05) is 0 Å².